The van der Waals surface area contributed by atoms with E-state index in [2.05, 4.69) is 38.2 Å². The van der Waals surface area contributed by atoms with Gasteiger partial charge in [0.15, 0.2) is 12.4 Å². The number of esters is 1. The van der Waals surface area contributed by atoms with Crippen LogP contribution < -0.4 is 5.32 Å². The highest BCUT2D eigenvalue weighted by Crippen LogP contribution is 2.27. The van der Waals surface area contributed by atoms with Crippen LogP contribution in [0.2, 0.25) is 0 Å². The van der Waals surface area contributed by atoms with Crippen molar-refractivity contribution < 1.29 is 49.3 Å². The van der Waals surface area contributed by atoms with Gasteiger partial charge >= 0.3 is 5.97 Å². The molecule has 0 spiro atoms. The van der Waals surface area contributed by atoms with Gasteiger partial charge in [-0.3, -0.25) is 9.59 Å². The van der Waals surface area contributed by atoms with E-state index in [0.717, 1.165) is 57.8 Å². The number of nitrogens with one attached hydrogen (secondary N) is 1. The minimum absolute atomic E-state index is 0.131. The van der Waals surface area contributed by atoms with Gasteiger partial charge in [0.05, 0.1) is 25.4 Å². The first-order valence-corrected chi connectivity index (χ1v) is 39.1. The van der Waals surface area contributed by atoms with Crippen molar-refractivity contribution in [1.29, 1.82) is 0 Å². The summed E-state index contributed by atoms with van der Waals surface area (Å²) in [5.74, 6) is -1.17. The summed E-state index contributed by atoms with van der Waals surface area (Å²) in [6.07, 6.45) is 70.9. The smallest absolute Gasteiger partial charge is 0.306 e. The fourth-order valence-electron chi connectivity index (χ4n) is 12.7. The number of carbonyl (C=O) groups excluding carboxylic acids is 2. The van der Waals surface area contributed by atoms with Crippen LogP contribution in [-0.2, 0) is 23.8 Å². The molecule has 0 aromatic carbocycles. The van der Waals surface area contributed by atoms with E-state index >= 15 is 0 Å². The van der Waals surface area contributed by atoms with Crippen LogP contribution in [0.3, 0.4) is 0 Å². The molecule has 1 aliphatic rings. The molecule has 1 rings (SSSR count). The zero-order valence-electron chi connectivity index (χ0n) is 58.8. The summed E-state index contributed by atoms with van der Waals surface area (Å²) in [4.78, 5) is 26.8. The highest BCUT2D eigenvalue weighted by molar-refractivity contribution is 5.80. The Kier molecular flexibility index (Phi) is 63.3. The average molecular weight is 1260 g/mol. The van der Waals surface area contributed by atoms with Crippen molar-refractivity contribution in [1.82, 2.24) is 5.32 Å². The number of aliphatic hydroxyl groups is 5. The number of hydrogen-bond acceptors (Lipinski definition) is 10. The van der Waals surface area contributed by atoms with E-state index in [1.165, 1.54) is 295 Å². The van der Waals surface area contributed by atoms with Gasteiger partial charge in [0.1, 0.15) is 24.4 Å². The van der Waals surface area contributed by atoms with Gasteiger partial charge in [-0.25, -0.2) is 0 Å². The van der Waals surface area contributed by atoms with Crippen LogP contribution in [0.4, 0.5) is 0 Å². The number of ether oxygens (including phenoxy) is 3. The molecule has 6 N–H and O–H groups in total. The molecule has 8 unspecified atom stereocenters. The number of allylic oxidation sites excluding steroid dienone is 3. The molecule has 1 fully saturated rings. The van der Waals surface area contributed by atoms with Gasteiger partial charge in [0.2, 0.25) is 5.91 Å². The number of rotatable bonds is 69. The lowest BCUT2D eigenvalue weighted by molar-refractivity contribution is -0.305. The summed E-state index contributed by atoms with van der Waals surface area (Å²) in [6.45, 7) is 5.87. The second kappa shape index (κ2) is 66.2. The number of amides is 1. The van der Waals surface area contributed by atoms with Gasteiger partial charge in [-0.1, -0.05) is 366 Å². The van der Waals surface area contributed by atoms with Crippen LogP contribution >= 0.6 is 0 Å². The Morgan fingerprint density at radius 2 is 0.742 bits per heavy atom. The van der Waals surface area contributed by atoms with Crippen LogP contribution in [0.25, 0.3) is 0 Å². The van der Waals surface area contributed by atoms with E-state index < -0.39 is 67.4 Å². The Morgan fingerprint density at radius 3 is 1.09 bits per heavy atom. The van der Waals surface area contributed by atoms with Crippen molar-refractivity contribution in [3.05, 3.63) is 24.3 Å². The molecule has 0 saturated carbocycles. The quantitative estimate of drug-likeness (QED) is 0.0195. The van der Waals surface area contributed by atoms with Crippen LogP contribution in [0.5, 0.6) is 0 Å². The highest BCUT2D eigenvalue weighted by Gasteiger charge is 2.47. The Hall–Kier alpha value is -1.86. The maximum Gasteiger partial charge on any atom is 0.306 e. The predicted molar refractivity (Wildman–Crippen MR) is 375 cm³/mol. The van der Waals surface area contributed by atoms with E-state index in [-0.39, 0.29) is 13.0 Å². The lowest BCUT2D eigenvalue weighted by Crippen LogP contribution is -2.61. The largest absolute Gasteiger partial charge is 0.454 e. The zero-order chi connectivity index (χ0) is 64.6. The maximum atomic E-state index is 13.5. The first-order valence-electron chi connectivity index (χ1n) is 39.1. The van der Waals surface area contributed by atoms with Crippen molar-refractivity contribution in [2.75, 3.05) is 13.2 Å². The molecule has 0 aromatic heterocycles. The molecule has 1 saturated heterocycles. The summed E-state index contributed by atoms with van der Waals surface area (Å²) in [5, 5.41) is 57.4. The minimum Gasteiger partial charge on any atom is -0.454 e. The summed E-state index contributed by atoms with van der Waals surface area (Å²) < 4.78 is 17.8. The molecule has 0 aliphatic carbocycles. The normalized spacial score (nSPS) is 18.1. The molecule has 526 valence electrons. The summed E-state index contributed by atoms with van der Waals surface area (Å²) >= 11 is 0. The third-order valence-corrected chi connectivity index (χ3v) is 18.9. The summed E-state index contributed by atoms with van der Waals surface area (Å²) in [5.41, 5.74) is 0. The fraction of sp³-hybridized carbons (Fsp3) is 0.923. The first-order chi connectivity index (χ1) is 43.7. The van der Waals surface area contributed by atoms with E-state index in [4.69, 9.17) is 14.2 Å². The topological polar surface area (TPSA) is 175 Å². The Labute approximate surface area is 550 Å². The number of unbranched alkanes of at least 4 members (excludes halogenated alkanes) is 53. The van der Waals surface area contributed by atoms with Gasteiger partial charge in [0, 0.05) is 6.42 Å². The molecule has 0 radical (unpaired) electrons. The molecular formula is C78H149NO10. The van der Waals surface area contributed by atoms with Gasteiger partial charge in [-0.2, -0.15) is 0 Å². The number of aliphatic hydroxyl groups excluding tert-OH is 5. The maximum absolute atomic E-state index is 13.5. The van der Waals surface area contributed by atoms with Crippen molar-refractivity contribution in [2.45, 2.75) is 449 Å². The van der Waals surface area contributed by atoms with Crippen LogP contribution in [0.1, 0.15) is 400 Å². The molecule has 11 nitrogen and oxygen atoms in total. The molecule has 1 aliphatic heterocycles. The molecule has 8 atom stereocenters. The second-order valence-electron chi connectivity index (χ2n) is 27.5. The van der Waals surface area contributed by atoms with Gasteiger partial charge in [0.25, 0.3) is 0 Å². The Bertz CT molecular complexity index is 1550. The molecule has 0 aromatic rings. The Balaban J connectivity index is 2.51. The van der Waals surface area contributed by atoms with E-state index in [0.29, 0.717) is 19.3 Å². The summed E-state index contributed by atoms with van der Waals surface area (Å²) in [6, 6.07) is -1.02. The van der Waals surface area contributed by atoms with Crippen LogP contribution in [-0.4, -0.2) is 99.6 Å². The molecule has 11 heteroatoms. The lowest BCUT2D eigenvalue weighted by atomic mass is 9.99. The first kappa shape index (κ1) is 85.2. The van der Waals surface area contributed by atoms with Gasteiger partial charge in [-0.15, -0.1) is 0 Å². The SMILES string of the molecule is CCCCCCCC/C=C/CCCCCCCCCCCCCCCCCCC(O)C(=O)NC(COC1OC(CO)C(O)C(O)C1OC(=O)CCCCCCCCCCCCCCCCCCCCCCC)C(O)/C=C/CCCCCCCCCCCCC. The third-order valence-electron chi connectivity index (χ3n) is 18.9. The van der Waals surface area contributed by atoms with Gasteiger partial charge < -0.3 is 45.1 Å². The zero-order valence-corrected chi connectivity index (χ0v) is 58.8. The second-order valence-corrected chi connectivity index (χ2v) is 27.5. The molecule has 0 bridgehead atoms. The van der Waals surface area contributed by atoms with Crippen molar-refractivity contribution in [2.24, 2.45) is 0 Å². The Morgan fingerprint density at radius 1 is 0.427 bits per heavy atom. The fourth-order valence-corrected chi connectivity index (χ4v) is 12.7. The van der Waals surface area contributed by atoms with Crippen molar-refractivity contribution in [3.8, 4) is 0 Å². The molecule has 1 amide bonds. The monoisotopic (exact) mass is 1260 g/mol. The third kappa shape index (κ3) is 53.1. The average Bonchev–Trinajstić information content (AvgIpc) is 3.11. The molecule has 1 heterocycles. The molecule has 89 heavy (non-hydrogen) atoms. The number of carbonyl (C=O) groups is 2. The lowest BCUT2D eigenvalue weighted by Gasteiger charge is -2.41. The summed E-state index contributed by atoms with van der Waals surface area (Å²) in [7, 11) is 0. The molecular weight excluding hydrogens is 1110 g/mol. The van der Waals surface area contributed by atoms with Crippen LogP contribution in [0, 0.1) is 0 Å². The predicted octanol–water partition coefficient (Wildman–Crippen LogP) is 20.7. The van der Waals surface area contributed by atoms with Crippen molar-refractivity contribution >= 4 is 11.9 Å². The van der Waals surface area contributed by atoms with E-state index in [1.807, 2.05) is 6.08 Å². The standard InChI is InChI=1S/C78H149NO10/c1-4-7-10-13-16-19-22-25-27-29-31-33-34-35-36-37-39-40-42-44-47-50-53-56-59-62-65-71(82)77(86)79-69(70(81)64-61-58-55-52-49-46-24-21-18-15-12-9-6-3)68-87-78-76(75(85)74(84)72(67-80)88-78)89-73(83)66-63-60-57-54-51-48-45-43-41-38-32-30-28-26-23-20-17-14-11-8-5-2/h25,27,61,64,69-72,74-76,78,80-82,84-85H,4-24,26,28-60,62-63,65-68H2,1-3H3,(H,79,86)/b27-25+,64-61+. The van der Waals surface area contributed by atoms with E-state index in [1.54, 1.807) is 6.08 Å². The number of hydrogen-bond donors (Lipinski definition) is 6. The highest BCUT2D eigenvalue weighted by atomic mass is 16.7. The van der Waals surface area contributed by atoms with E-state index in [9.17, 15) is 35.1 Å². The minimum atomic E-state index is -1.61. The van der Waals surface area contributed by atoms with Crippen LogP contribution in [0.15, 0.2) is 24.3 Å². The van der Waals surface area contributed by atoms with Crippen molar-refractivity contribution in [3.63, 3.8) is 0 Å². The van der Waals surface area contributed by atoms with Gasteiger partial charge in [-0.05, 0) is 51.4 Å².